The van der Waals surface area contributed by atoms with Gasteiger partial charge < -0.3 is 19.9 Å². The predicted octanol–water partition coefficient (Wildman–Crippen LogP) is 4.00. The first kappa shape index (κ1) is 22.6. The number of hydrogen-bond donors (Lipinski definition) is 1. The van der Waals surface area contributed by atoms with Crippen molar-refractivity contribution in [3.63, 3.8) is 0 Å². The van der Waals surface area contributed by atoms with Crippen molar-refractivity contribution in [3.05, 3.63) is 16.0 Å². The summed E-state index contributed by atoms with van der Waals surface area (Å²) in [5.74, 6) is 0.594. The molecule has 6 nitrogen and oxygen atoms in total. The van der Waals surface area contributed by atoms with E-state index in [1.807, 2.05) is 13.8 Å². The van der Waals surface area contributed by atoms with Gasteiger partial charge >= 0.3 is 5.97 Å². The fraction of sp³-hybridized carbons (Fsp3) is 0.650. The molecule has 1 aliphatic heterocycles. The largest absolute Gasteiger partial charge is 0.465 e. The van der Waals surface area contributed by atoms with Gasteiger partial charge in [0.05, 0.1) is 17.6 Å². The highest BCUT2D eigenvalue weighted by Crippen LogP contribution is 2.35. The minimum absolute atomic E-state index is 0.0724. The maximum Gasteiger partial charge on any atom is 0.341 e. The fourth-order valence-electron chi connectivity index (χ4n) is 3.81. The van der Waals surface area contributed by atoms with Crippen LogP contribution in [0.4, 0.5) is 5.00 Å². The average Bonchev–Trinajstić information content (AvgIpc) is 2.97. The number of ether oxygens (including phenoxy) is 1. The van der Waals surface area contributed by atoms with Crippen LogP contribution in [0.25, 0.3) is 0 Å². The lowest BCUT2D eigenvalue weighted by Crippen LogP contribution is -2.44. The summed E-state index contributed by atoms with van der Waals surface area (Å²) >= 11 is 6.91. The van der Waals surface area contributed by atoms with Crippen LogP contribution >= 0.6 is 23.6 Å². The maximum atomic E-state index is 12.9. The van der Waals surface area contributed by atoms with Gasteiger partial charge in [0.15, 0.2) is 5.11 Å². The highest BCUT2D eigenvalue weighted by atomic mass is 32.1. The number of methoxy groups -OCH3 is 1. The summed E-state index contributed by atoms with van der Waals surface area (Å²) in [5.41, 5.74) is 1.03. The quantitative estimate of drug-likeness (QED) is 0.568. The van der Waals surface area contributed by atoms with Crippen LogP contribution in [0.5, 0.6) is 0 Å². The zero-order valence-corrected chi connectivity index (χ0v) is 19.3. The minimum atomic E-state index is -0.460. The molecular formula is C20H31N3O3S2. The lowest BCUT2D eigenvalue weighted by molar-refractivity contribution is 0.0601. The van der Waals surface area contributed by atoms with Gasteiger partial charge in [-0.15, -0.1) is 11.3 Å². The number of thiocarbonyl (C=S) groups is 1. The van der Waals surface area contributed by atoms with Gasteiger partial charge in [0, 0.05) is 26.2 Å². The SMILES string of the molecule is CCN(CC)C(=O)c1sc(NC(=S)N2CC(C)CC(C)C2)c(C(=O)OC)c1C. The molecular weight excluding hydrogens is 394 g/mol. The third-order valence-corrected chi connectivity index (χ3v) is 6.71. The number of hydrogen-bond acceptors (Lipinski definition) is 5. The van der Waals surface area contributed by atoms with Crippen LogP contribution in [0, 0.1) is 18.8 Å². The second-order valence-electron chi connectivity index (χ2n) is 7.51. The molecule has 0 bridgehead atoms. The summed E-state index contributed by atoms with van der Waals surface area (Å²) in [6, 6.07) is 0. The van der Waals surface area contributed by atoms with E-state index in [1.165, 1.54) is 24.9 Å². The topological polar surface area (TPSA) is 61.9 Å². The molecule has 1 fully saturated rings. The number of carbonyl (C=O) groups excluding carboxylic acids is 2. The second-order valence-corrected chi connectivity index (χ2v) is 8.92. The zero-order valence-electron chi connectivity index (χ0n) is 17.6. The van der Waals surface area contributed by atoms with Crippen LogP contribution in [0.1, 0.15) is 59.7 Å². The molecule has 1 N–H and O–H groups in total. The van der Waals surface area contributed by atoms with Crippen molar-refractivity contribution in [3.8, 4) is 0 Å². The Labute approximate surface area is 177 Å². The molecule has 28 heavy (non-hydrogen) atoms. The van der Waals surface area contributed by atoms with Crippen molar-refractivity contribution in [2.45, 2.75) is 41.0 Å². The molecule has 0 spiro atoms. The molecule has 0 saturated carbocycles. The van der Waals surface area contributed by atoms with Crippen LogP contribution in [-0.2, 0) is 4.74 Å². The first-order chi connectivity index (χ1) is 13.2. The number of nitrogens with zero attached hydrogens (tertiary/aromatic N) is 2. The number of nitrogens with one attached hydrogen (secondary N) is 1. The summed E-state index contributed by atoms with van der Waals surface area (Å²) < 4.78 is 4.97. The number of thiophene rings is 1. The van der Waals surface area contributed by atoms with Crippen molar-refractivity contribution >= 4 is 45.5 Å². The third-order valence-electron chi connectivity index (χ3n) is 5.16. The lowest BCUT2D eigenvalue weighted by atomic mass is 9.92. The van der Waals surface area contributed by atoms with Crippen molar-refractivity contribution < 1.29 is 14.3 Å². The first-order valence-electron chi connectivity index (χ1n) is 9.80. The van der Waals surface area contributed by atoms with Crippen molar-refractivity contribution in [2.75, 3.05) is 38.6 Å². The third kappa shape index (κ3) is 4.84. The summed E-state index contributed by atoms with van der Waals surface area (Å²) in [6.45, 7) is 13.1. The van der Waals surface area contributed by atoms with E-state index in [-0.39, 0.29) is 5.91 Å². The van der Waals surface area contributed by atoms with Gasteiger partial charge in [-0.3, -0.25) is 4.79 Å². The molecule has 1 aliphatic rings. The monoisotopic (exact) mass is 425 g/mol. The van der Waals surface area contributed by atoms with Gasteiger partial charge in [-0.1, -0.05) is 13.8 Å². The van der Waals surface area contributed by atoms with E-state index in [0.717, 1.165) is 13.1 Å². The van der Waals surface area contributed by atoms with E-state index >= 15 is 0 Å². The van der Waals surface area contributed by atoms with Gasteiger partial charge in [-0.05, 0) is 56.8 Å². The molecule has 8 heteroatoms. The van der Waals surface area contributed by atoms with Gasteiger partial charge in [0.1, 0.15) is 5.00 Å². The second kappa shape index (κ2) is 9.69. The van der Waals surface area contributed by atoms with E-state index in [1.54, 1.807) is 11.8 Å². The van der Waals surface area contributed by atoms with Crippen molar-refractivity contribution in [2.24, 2.45) is 11.8 Å². The molecule has 0 aromatic carbocycles. The molecule has 156 valence electrons. The predicted molar refractivity (Wildman–Crippen MR) is 118 cm³/mol. The minimum Gasteiger partial charge on any atom is -0.465 e. The lowest BCUT2D eigenvalue weighted by Gasteiger charge is -2.36. The summed E-state index contributed by atoms with van der Waals surface area (Å²) in [4.78, 5) is 29.8. The fourth-order valence-corrected chi connectivity index (χ4v) is 5.29. The highest BCUT2D eigenvalue weighted by Gasteiger charge is 2.29. The molecule has 2 rings (SSSR count). The molecule has 1 saturated heterocycles. The smallest absolute Gasteiger partial charge is 0.341 e. The average molecular weight is 426 g/mol. The van der Waals surface area contributed by atoms with Crippen LogP contribution in [0.2, 0.25) is 0 Å². The van der Waals surface area contributed by atoms with Gasteiger partial charge in [-0.2, -0.15) is 0 Å². The van der Waals surface area contributed by atoms with Gasteiger partial charge in [-0.25, -0.2) is 4.79 Å². The number of esters is 1. The zero-order chi connectivity index (χ0) is 21.0. The first-order valence-corrected chi connectivity index (χ1v) is 11.0. The van der Waals surface area contributed by atoms with E-state index in [0.29, 0.717) is 51.0 Å². The number of carbonyl (C=O) groups is 2. The number of likely N-dealkylation sites (tertiary alicyclic amines) is 1. The number of piperidine rings is 1. The number of amides is 1. The summed E-state index contributed by atoms with van der Waals surface area (Å²) in [5, 5.41) is 4.40. The molecule has 1 aromatic heterocycles. The molecule has 2 atom stereocenters. The van der Waals surface area contributed by atoms with Crippen LogP contribution in [0.3, 0.4) is 0 Å². The molecule has 0 aliphatic carbocycles. The molecule has 1 amide bonds. The Balaban J connectivity index is 2.34. The van der Waals surface area contributed by atoms with E-state index < -0.39 is 5.97 Å². The van der Waals surface area contributed by atoms with Crippen molar-refractivity contribution in [1.82, 2.24) is 9.80 Å². The molecule has 2 heterocycles. The normalized spacial score (nSPS) is 19.3. The van der Waals surface area contributed by atoms with E-state index in [4.69, 9.17) is 17.0 Å². The Morgan fingerprint density at radius 2 is 1.82 bits per heavy atom. The Kier molecular flexibility index (Phi) is 7.83. The summed E-state index contributed by atoms with van der Waals surface area (Å²) in [7, 11) is 1.35. The molecule has 2 unspecified atom stereocenters. The highest BCUT2D eigenvalue weighted by molar-refractivity contribution is 7.80. The Morgan fingerprint density at radius 1 is 1.25 bits per heavy atom. The molecule has 0 radical (unpaired) electrons. The van der Waals surface area contributed by atoms with Gasteiger partial charge in [0.2, 0.25) is 0 Å². The Hall–Kier alpha value is -1.67. The van der Waals surface area contributed by atoms with Crippen LogP contribution < -0.4 is 5.32 Å². The van der Waals surface area contributed by atoms with Crippen molar-refractivity contribution in [1.29, 1.82) is 0 Å². The van der Waals surface area contributed by atoms with Crippen LogP contribution in [-0.4, -0.2) is 60.1 Å². The maximum absolute atomic E-state index is 12.9. The van der Waals surface area contributed by atoms with Gasteiger partial charge in [0.25, 0.3) is 5.91 Å². The van der Waals surface area contributed by atoms with Crippen LogP contribution in [0.15, 0.2) is 0 Å². The van der Waals surface area contributed by atoms with E-state index in [2.05, 4.69) is 24.1 Å². The van der Waals surface area contributed by atoms with E-state index in [9.17, 15) is 9.59 Å². The summed E-state index contributed by atoms with van der Waals surface area (Å²) in [6.07, 6.45) is 1.19. The molecule has 1 aromatic rings. The Bertz CT molecular complexity index is 733. The number of rotatable bonds is 5. The number of anilines is 1. The Morgan fingerprint density at radius 3 is 2.32 bits per heavy atom. The standard InChI is InChI=1S/C20H31N3O3S2/c1-7-22(8-2)18(24)16-14(5)15(19(25)26-6)17(28-16)21-20(27)23-10-12(3)9-13(4)11-23/h12-13H,7-11H2,1-6H3,(H,21,27).